The first kappa shape index (κ1) is 14.1. The highest BCUT2D eigenvalue weighted by Gasteiger charge is 2.26. The molecule has 0 unspecified atom stereocenters. The van der Waals surface area contributed by atoms with Crippen LogP contribution in [0.15, 0.2) is 60.7 Å². The van der Waals surface area contributed by atoms with Crippen LogP contribution in [0, 0.1) is 0 Å². The minimum Gasteiger partial charge on any atom is -0.323 e. The van der Waals surface area contributed by atoms with Crippen molar-refractivity contribution in [2.75, 3.05) is 0 Å². The Balaban J connectivity index is 2.21. The third-order valence-electron chi connectivity index (χ3n) is 3.53. The Hall–Kier alpha value is -1.33. The number of hydrogen-bond donors (Lipinski definition) is 0. The lowest BCUT2D eigenvalue weighted by atomic mass is 10.2. The van der Waals surface area contributed by atoms with Gasteiger partial charge < -0.3 is 4.57 Å². The Morgan fingerprint density at radius 3 is 1.47 bits per heavy atom. The predicted molar refractivity (Wildman–Crippen MR) is 83.0 cm³/mol. The van der Waals surface area contributed by atoms with Gasteiger partial charge in [0.15, 0.2) is 0 Å². The third-order valence-corrected chi connectivity index (χ3v) is 7.21. The van der Waals surface area contributed by atoms with Crippen LogP contribution in [0.5, 0.6) is 0 Å². The van der Waals surface area contributed by atoms with Crippen molar-refractivity contribution in [3.8, 4) is 0 Å². The van der Waals surface area contributed by atoms with Crippen LogP contribution >= 0.6 is 7.14 Å². The highest BCUT2D eigenvalue weighted by atomic mass is 31.2. The average Bonchev–Trinajstić information content (AvgIpc) is 2.40. The van der Waals surface area contributed by atoms with Crippen LogP contribution in [0.2, 0.25) is 0 Å². The smallest absolute Gasteiger partial charge is 0.0984 e. The molecule has 0 heterocycles. The van der Waals surface area contributed by atoms with E-state index in [-0.39, 0.29) is 5.66 Å². The molecule has 0 saturated heterocycles. The lowest BCUT2D eigenvalue weighted by Gasteiger charge is -2.22. The summed E-state index contributed by atoms with van der Waals surface area (Å²) in [7, 11) is -2.24. The standard InChI is InChI=1S/C17H21OP/c1-15(2)19(18,13-16-9-5-3-6-10-16)14-17-11-7-4-8-12-17/h3-12,15H,13-14H2,1-2H3. The summed E-state index contributed by atoms with van der Waals surface area (Å²) in [6.45, 7) is 4.15. The molecule has 0 fully saturated rings. The second kappa shape index (κ2) is 6.21. The van der Waals surface area contributed by atoms with E-state index >= 15 is 0 Å². The maximum absolute atomic E-state index is 13.3. The van der Waals surface area contributed by atoms with Crippen molar-refractivity contribution >= 4 is 7.14 Å². The van der Waals surface area contributed by atoms with Crippen molar-refractivity contribution in [1.82, 2.24) is 0 Å². The zero-order chi connectivity index (χ0) is 13.7. The molecule has 0 aliphatic heterocycles. The molecule has 0 aliphatic carbocycles. The first-order valence-corrected chi connectivity index (χ1v) is 8.90. The van der Waals surface area contributed by atoms with Gasteiger partial charge in [-0.25, -0.2) is 0 Å². The summed E-state index contributed by atoms with van der Waals surface area (Å²) in [6, 6.07) is 20.3. The first-order valence-electron chi connectivity index (χ1n) is 6.76. The molecule has 0 N–H and O–H groups in total. The lowest BCUT2D eigenvalue weighted by Crippen LogP contribution is -2.04. The van der Waals surface area contributed by atoms with Crippen LogP contribution in [-0.2, 0) is 16.9 Å². The monoisotopic (exact) mass is 272 g/mol. The van der Waals surface area contributed by atoms with Crippen molar-refractivity contribution in [3.05, 3.63) is 71.8 Å². The summed E-state index contributed by atoms with van der Waals surface area (Å²) in [6.07, 6.45) is 1.39. The fourth-order valence-electron chi connectivity index (χ4n) is 2.21. The summed E-state index contributed by atoms with van der Waals surface area (Å²) in [5.41, 5.74) is 2.57. The fourth-order valence-corrected chi connectivity index (χ4v) is 4.71. The molecule has 2 aromatic carbocycles. The van der Waals surface area contributed by atoms with Crippen LogP contribution in [0.1, 0.15) is 25.0 Å². The van der Waals surface area contributed by atoms with Crippen molar-refractivity contribution in [1.29, 1.82) is 0 Å². The second-order valence-electron chi connectivity index (χ2n) is 5.33. The minimum atomic E-state index is -2.24. The molecule has 2 rings (SSSR count). The van der Waals surface area contributed by atoms with Gasteiger partial charge in [-0.3, -0.25) is 0 Å². The summed E-state index contributed by atoms with van der Waals surface area (Å²) in [5, 5.41) is 0. The number of benzene rings is 2. The molecule has 0 saturated carbocycles. The van der Waals surface area contributed by atoms with E-state index in [0.29, 0.717) is 12.3 Å². The van der Waals surface area contributed by atoms with E-state index in [1.54, 1.807) is 0 Å². The molecule has 0 radical (unpaired) electrons. The van der Waals surface area contributed by atoms with E-state index in [9.17, 15) is 4.57 Å². The van der Waals surface area contributed by atoms with Crippen molar-refractivity contribution < 1.29 is 4.57 Å². The van der Waals surface area contributed by atoms with Crippen LogP contribution < -0.4 is 0 Å². The molecule has 100 valence electrons. The van der Waals surface area contributed by atoms with E-state index in [0.717, 1.165) is 0 Å². The van der Waals surface area contributed by atoms with E-state index in [1.807, 2.05) is 36.4 Å². The van der Waals surface area contributed by atoms with E-state index < -0.39 is 7.14 Å². The van der Waals surface area contributed by atoms with Crippen LogP contribution in [0.3, 0.4) is 0 Å². The Labute approximate surface area is 116 Å². The molecular formula is C17H21OP. The van der Waals surface area contributed by atoms with E-state index in [1.165, 1.54) is 11.1 Å². The van der Waals surface area contributed by atoms with Gasteiger partial charge in [0.05, 0.1) is 7.14 Å². The van der Waals surface area contributed by atoms with Gasteiger partial charge in [0.2, 0.25) is 0 Å². The largest absolute Gasteiger partial charge is 0.323 e. The number of rotatable bonds is 5. The summed E-state index contributed by atoms with van der Waals surface area (Å²) < 4.78 is 13.3. The quantitative estimate of drug-likeness (QED) is 0.687. The van der Waals surface area contributed by atoms with E-state index in [2.05, 4.69) is 38.1 Å². The van der Waals surface area contributed by atoms with Gasteiger partial charge in [-0.15, -0.1) is 0 Å². The van der Waals surface area contributed by atoms with Crippen molar-refractivity contribution in [2.24, 2.45) is 0 Å². The van der Waals surface area contributed by atoms with Crippen molar-refractivity contribution in [3.63, 3.8) is 0 Å². The molecule has 1 nitrogen and oxygen atoms in total. The predicted octanol–water partition coefficient (Wildman–Crippen LogP) is 5.16. The molecule has 0 bridgehead atoms. The van der Waals surface area contributed by atoms with Gasteiger partial charge in [0, 0.05) is 18.0 Å². The lowest BCUT2D eigenvalue weighted by molar-refractivity contribution is 0.566. The Morgan fingerprint density at radius 1 is 0.789 bits per heavy atom. The fraction of sp³-hybridized carbons (Fsp3) is 0.294. The molecule has 0 atom stereocenters. The highest BCUT2D eigenvalue weighted by Crippen LogP contribution is 2.56. The second-order valence-corrected chi connectivity index (χ2v) is 8.90. The van der Waals surface area contributed by atoms with Crippen LogP contribution in [0.4, 0.5) is 0 Å². The van der Waals surface area contributed by atoms with Crippen LogP contribution in [0.25, 0.3) is 0 Å². The zero-order valence-electron chi connectivity index (χ0n) is 11.6. The Bertz CT molecular complexity index is 500. The van der Waals surface area contributed by atoms with Gasteiger partial charge in [-0.1, -0.05) is 74.5 Å². The Kier molecular flexibility index (Phi) is 4.61. The van der Waals surface area contributed by atoms with Crippen LogP contribution in [-0.4, -0.2) is 5.66 Å². The minimum absolute atomic E-state index is 0.216. The first-order chi connectivity index (χ1) is 9.10. The Morgan fingerprint density at radius 2 is 1.16 bits per heavy atom. The SMILES string of the molecule is CC(C)P(=O)(Cc1ccccc1)Cc1ccccc1. The molecule has 0 amide bonds. The maximum atomic E-state index is 13.3. The number of hydrogen-bond acceptors (Lipinski definition) is 1. The van der Waals surface area contributed by atoms with Gasteiger partial charge in [-0.05, 0) is 11.1 Å². The van der Waals surface area contributed by atoms with Gasteiger partial charge in [-0.2, -0.15) is 0 Å². The molecule has 0 spiro atoms. The topological polar surface area (TPSA) is 17.1 Å². The van der Waals surface area contributed by atoms with Crippen molar-refractivity contribution in [2.45, 2.75) is 31.8 Å². The molecule has 2 heteroatoms. The van der Waals surface area contributed by atoms with E-state index in [4.69, 9.17) is 0 Å². The molecule has 19 heavy (non-hydrogen) atoms. The normalized spacial score (nSPS) is 11.7. The highest BCUT2D eigenvalue weighted by molar-refractivity contribution is 7.63. The zero-order valence-corrected chi connectivity index (χ0v) is 12.5. The molecule has 0 aliphatic rings. The summed E-state index contributed by atoms with van der Waals surface area (Å²) in [4.78, 5) is 0. The molecule has 2 aromatic rings. The average molecular weight is 272 g/mol. The molecule has 0 aromatic heterocycles. The van der Waals surface area contributed by atoms with Gasteiger partial charge in [0.25, 0.3) is 0 Å². The summed E-state index contributed by atoms with van der Waals surface area (Å²) in [5.74, 6) is 0. The third kappa shape index (κ3) is 3.81. The molecular weight excluding hydrogens is 251 g/mol. The maximum Gasteiger partial charge on any atom is 0.0984 e. The summed E-state index contributed by atoms with van der Waals surface area (Å²) >= 11 is 0. The van der Waals surface area contributed by atoms with Gasteiger partial charge in [0.1, 0.15) is 0 Å². The van der Waals surface area contributed by atoms with Gasteiger partial charge >= 0.3 is 0 Å².